The first-order valence-electron chi connectivity index (χ1n) is 8.86. The van der Waals surface area contributed by atoms with E-state index in [9.17, 15) is 13.2 Å². The molecule has 0 spiro atoms. The number of aliphatic imine (C=N–C) groups is 1. The van der Waals surface area contributed by atoms with E-state index in [1.165, 1.54) is 12.1 Å². The Kier molecular flexibility index (Phi) is 13.2. The molecule has 1 rings (SSSR count). The van der Waals surface area contributed by atoms with Crippen molar-refractivity contribution in [2.24, 2.45) is 10.9 Å². The summed E-state index contributed by atoms with van der Waals surface area (Å²) >= 11 is 0. The quantitative estimate of drug-likeness (QED) is 0.256. The van der Waals surface area contributed by atoms with E-state index in [0.29, 0.717) is 37.0 Å². The molecule has 0 aromatic heterocycles. The molecular formula is C18H29F3IN3O2. The van der Waals surface area contributed by atoms with Crippen LogP contribution in [0.15, 0.2) is 29.3 Å². The predicted molar refractivity (Wildman–Crippen MR) is 111 cm³/mol. The zero-order valence-electron chi connectivity index (χ0n) is 15.7. The molecule has 0 amide bonds. The molecule has 0 aliphatic rings. The van der Waals surface area contributed by atoms with Gasteiger partial charge in [0.15, 0.2) is 5.96 Å². The average Bonchev–Trinajstić information content (AvgIpc) is 2.57. The molecule has 3 N–H and O–H groups in total. The van der Waals surface area contributed by atoms with Gasteiger partial charge in [-0.3, -0.25) is 0 Å². The summed E-state index contributed by atoms with van der Waals surface area (Å²) in [7, 11) is 0. The highest BCUT2D eigenvalue weighted by atomic mass is 127. The van der Waals surface area contributed by atoms with Crippen molar-refractivity contribution >= 4 is 29.9 Å². The summed E-state index contributed by atoms with van der Waals surface area (Å²) < 4.78 is 41.5. The fourth-order valence-corrected chi connectivity index (χ4v) is 2.54. The minimum atomic E-state index is -4.74. The normalized spacial score (nSPS) is 12.9. The second-order valence-corrected chi connectivity index (χ2v) is 5.90. The van der Waals surface area contributed by atoms with Gasteiger partial charge < -0.3 is 20.5 Å². The molecule has 0 aliphatic carbocycles. The van der Waals surface area contributed by atoms with Crippen molar-refractivity contribution in [3.8, 4) is 5.75 Å². The Morgan fingerprint density at radius 1 is 1.19 bits per heavy atom. The highest BCUT2D eigenvalue weighted by molar-refractivity contribution is 14.0. The van der Waals surface area contributed by atoms with E-state index < -0.39 is 6.36 Å². The van der Waals surface area contributed by atoms with Gasteiger partial charge in [-0.05, 0) is 31.7 Å². The third kappa shape index (κ3) is 11.3. The fourth-order valence-electron chi connectivity index (χ4n) is 2.54. The maximum atomic E-state index is 12.5. The molecule has 9 heteroatoms. The van der Waals surface area contributed by atoms with Crippen molar-refractivity contribution in [3.05, 3.63) is 29.8 Å². The zero-order chi connectivity index (χ0) is 19.4. The number of rotatable bonds is 10. The first kappa shape index (κ1) is 25.8. The molecule has 5 nitrogen and oxygen atoms in total. The summed E-state index contributed by atoms with van der Waals surface area (Å²) in [6.45, 7) is 5.45. The monoisotopic (exact) mass is 503 g/mol. The third-order valence-electron chi connectivity index (χ3n) is 3.74. The molecule has 0 saturated carbocycles. The van der Waals surface area contributed by atoms with Crippen LogP contribution in [0, 0.1) is 5.92 Å². The van der Waals surface area contributed by atoms with Gasteiger partial charge in [-0.2, -0.15) is 0 Å². The molecule has 1 aromatic carbocycles. The van der Waals surface area contributed by atoms with Gasteiger partial charge in [0.05, 0.1) is 6.54 Å². The van der Waals surface area contributed by atoms with Crippen LogP contribution in [-0.2, 0) is 6.54 Å². The lowest BCUT2D eigenvalue weighted by molar-refractivity contribution is -0.274. The maximum absolute atomic E-state index is 12.5. The first-order chi connectivity index (χ1) is 12.4. The van der Waals surface area contributed by atoms with E-state index in [1.807, 2.05) is 6.92 Å². The van der Waals surface area contributed by atoms with Crippen LogP contribution in [-0.4, -0.2) is 37.1 Å². The minimum Gasteiger partial charge on any atom is -0.405 e. The number of hydrogen-bond donors (Lipinski definition) is 3. The zero-order valence-corrected chi connectivity index (χ0v) is 18.0. The fraction of sp³-hybridized carbons (Fsp3) is 0.611. The molecule has 0 aliphatic heterocycles. The number of aliphatic hydroxyl groups excluding tert-OH is 1. The Morgan fingerprint density at radius 2 is 1.89 bits per heavy atom. The summed E-state index contributed by atoms with van der Waals surface area (Å²) in [6, 6.07) is 5.96. The van der Waals surface area contributed by atoms with Crippen molar-refractivity contribution in [1.29, 1.82) is 0 Å². The van der Waals surface area contributed by atoms with Crippen molar-refractivity contribution in [3.63, 3.8) is 0 Å². The van der Waals surface area contributed by atoms with Crippen molar-refractivity contribution in [2.75, 3.05) is 19.7 Å². The molecule has 1 aromatic rings. The van der Waals surface area contributed by atoms with E-state index in [-0.39, 0.29) is 42.9 Å². The topological polar surface area (TPSA) is 65.9 Å². The van der Waals surface area contributed by atoms with Gasteiger partial charge in [0, 0.05) is 25.3 Å². The van der Waals surface area contributed by atoms with Crippen LogP contribution in [0.3, 0.4) is 0 Å². The molecule has 0 heterocycles. The van der Waals surface area contributed by atoms with Gasteiger partial charge in [0.1, 0.15) is 5.75 Å². The van der Waals surface area contributed by atoms with Gasteiger partial charge in [0.25, 0.3) is 0 Å². The lowest BCUT2D eigenvalue weighted by atomic mass is 10.0. The van der Waals surface area contributed by atoms with E-state index >= 15 is 0 Å². The molecule has 0 saturated heterocycles. The Bertz CT molecular complexity index is 551. The Hall–Kier alpha value is -1.23. The second-order valence-electron chi connectivity index (χ2n) is 5.90. The SMILES string of the molecule is CCCC(CCO)CNC(=NCc1ccccc1OC(F)(F)F)NCC.I. The van der Waals surface area contributed by atoms with Crippen LogP contribution in [0.4, 0.5) is 13.2 Å². The van der Waals surface area contributed by atoms with Gasteiger partial charge in [0.2, 0.25) is 0 Å². The third-order valence-corrected chi connectivity index (χ3v) is 3.74. The van der Waals surface area contributed by atoms with Crippen molar-refractivity contribution in [1.82, 2.24) is 10.6 Å². The maximum Gasteiger partial charge on any atom is 0.573 e. The van der Waals surface area contributed by atoms with E-state index in [1.54, 1.807) is 12.1 Å². The lowest BCUT2D eigenvalue weighted by Gasteiger charge is -2.18. The largest absolute Gasteiger partial charge is 0.573 e. The van der Waals surface area contributed by atoms with E-state index in [2.05, 4.69) is 27.3 Å². The molecular weight excluding hydrogens is 474 g/mol. The number of hydrogen-bond acceptors (Lipinski definition) is 3. The van der Waals surface area contributed by atoms with Crippen LogP contribution < -0.4 is 15.4 Å². The number of aliphatic hydroxyl groups is 1. The molecule has 1 atom stereocenters. The van der Waals surface area contributed by atoms with E-state index in [4.69, 9.17) is 5.11 Å². The summed E-state index contributed by atoms with van der Waals surface area (Å²) in [5.74, 6) is 0.590. The van der Waals surface area contributed by atoms with Crippen LogP contribution in [0.5, 0.6) is 5.75 Å². The Balaban J connectivity index is 0.00000676. The molecule has 1 unspecified atom stereocenters. The Labute approximate surface area is 175 Å². The minimum absolute atomic E-state index is 0. The second kappa shape index (κ2) is 13.9. The highest BCUT2D eigenvalue weighted by Gasteiger charge is 2.31. The molecule has 0 fully saturated rings. The summed E-state index contributed by atoms with van der Waals surface area (Å²) in [5.41, 5.74) is 0.350. The number of para-hydroxylation sites is 1. The summed E-state index contributed by atoms with van der Waals surface area (Å²) in [6.07, 6.45) is -2.04. The van der Waals surface area contributed by atoms with Crippen molar-refractivity contribution in [2.45, 2.75) is 46.0 Å². The number of nitrogens with zero attached hydrogens (tertiary/aromatic N) is 1. The number of nitrogens with one attached hydrogen (secondary N) is 2. The molecule has 0 radical (unpaired) electrons. The first-order valence-corrected chi connectivity index (χ1v) is 8.86. The highest BCUT2D eigenvalue weighted by Crippen LogP contribution is 2.26. The molecule has 156 valence electrons. The number of benzene rings is 1. The van der Waals surface area contributed by atoms with Crippen LogP contribution >= 0.6 is 24.0 Å². The molecule has 0 bridgehead atoms. The van der Waals surface area contributed by atoms with Crippen LogP contribution in [0.25, 0.3) is 0 Å². The van der Waals surface area contributed by atoms with Crippen LogP contribution in [0.2, 0.25) is 0 Å². The van der Waals surface area contributed by atoms with E-state index in [0.717, 1.165) is 12.8 Å². The lowest BCUT2D eigenvalue weighted by Crippen LogP contribution is -2.40. The predicted octanol–water partition coefficient (Wildman–Crippen LogP) is 4.06. The summed E-state index contributed by atoms with van der Waals surface area (Å²) in [4.78, 5) is 4.35. The number of halogens is 4. The molecule has 27 heavy (non-hydrogen) atoms. The van der Waals surface area contributed by atoms with Gasteiger partial charge in [-0.1, -0.05) is 31.5 Å². The van der Waals surface area contributed by atoms with Gasteiger partial charge in [-0.15, -0.1) is 37.1 Å². The Morgan fingerprint density at radius 3 is 2.48 bits per heavy atom. The standard InChI is InChI=1S/C18H28F3N3O2.HI/c1-3-7-14(10-11-25)12-23-17(22-4-2)24-13-15-8-5-6-9-16(15)26-18(19,20)21;/h5-6,8-9,14,25H,3-4,7,10-13H2,1-2H3,(H2,22,23,24);1H. The smallest absolute Gasteiger partial charge is 0.405 e. The van der Waals surface area contributed by atoms with Gasteiger partial charge >= 0.3 is 6.36 Å². The van der Waals surface area contributed by atoms with Gasteiger partial charge in [-0.25, -0.2) is 4.99 Å². The van der Waals surface area contributed by atoms with Crippen LogP contribution in [0.1, 0.15) is 38.7 Å². The number of ether oxygens (including phenoxy) is 1. The number of guanidine groups is 1. The number of alkyl halides is 3. The summed E-state index contributed by atoms with van der Waals surface area (Å²) in [5, 5.41) is 15.4. The average molecular weight is 503 g/mol. The van der Waals surface area contributed by atoms with Crippen molar-refractivity contribution < 1.29 is 23.0 Å².